The first kappa shape index (κ1) is 14.0. The predicted octanol–water partition coefficient (Wildman–Crippen LogP) is 0.772. The van der Waals surface area contributed by atoms with E-state index in [1.54, 1.807) is 0 Å². The molecule has 8 heteroatoms. The Kier molecular flexibility index (Phi) is 4.50. The number of nitrogens with zero attached hydrogens (tertiary/aromatic N) is 2. The lowest BCUT2D eigenvalue weighted by molar-refractivity contribution is 0.275. The fraction of sp³-hybridized carbons (Fsp3) is 0.333. The Morgan fingerprint density at radius 1 is 1.29 bits per heavy atom. The molecule has 0 atom stereocenters. The quantitative estimate of drug-likeness (QED) is 0.554. The highest BCUT2D eigenvalue weighted by atomic mass is 31.2. The number of fused-ring (bicyclic) bond motifs is 1. The van der Waals surface area contributed by atoms with Gasteiger partial charge in [0, 0.05) is 13.6 Å². The van der Waals surface area contributed by atoms with Crippen molar-refractivity contribution in [1.82, 2.24) is 5.12 Å². The second-order valence-electron chi connectivity index (χ2n) is 3.38. The van der Waals surface area contributed by atoms with Gasteiger partial charge in [0.25, 0.3) is 0 Å². The molecule has 1 aromatic carbocycles. The number of nitrogens with one attached hydrogen (secondary N) is 1. The van der Waals surface area contributed by atoms with Crippen LogP contribution in [0.5, 0.6) is 0 Å². The van der Waals surface area contributed by atoms with Crippen molar-refractivity contribution in [3.63, 3.8) is 0 Å². The molecular formula is C9H16N3O4P. The van der Waals surface area contributed by atoms with Crippen LogP contribution in [-0.2, 0) is 4.57 Å². The van der Waals surface area contributed by atoms with Crippen LogP contribution in [-0.4, -0.2) is 33.4 Å². The van der Waals surface area contributed by atoms with Gasteiger partial charge in [-0.1, -0.05) is 12.1 Å². The third-order valence-corrected chi connectivity index (χ3v) is 2.16. The molecule has 2 rings (SSSR count). The fourth-order valence-corrected chi connectivity index (χ4v) is 1.49. The molecule has 1 aromatic rings. The third kappa shape index (κ3) is 4.33. The van der Waals surface area contributed by atoms with Crippen LogP contribution in [0.3, 0.4) is 0 Å². The summed E-state index contributed by atoms with van der Waals surface area (Å²) in [5.41, 5.74) is 5.71. The predicted molar refractivity (Wildman–Crippen MR) is 65.1 cm³/mol. The Balaban J connectivity index is 0.000000249. The first-order valence-corrected chi connectivity index (χ1v) is 6.54. The lowest BCUT2D eigenvalue weighted by atomic mass is 10.3. The van der Waals surface area contributed by atoms with E-state index in [4.69, 9.17) is 19.2 Å². The van der Waals surface area contributed by atoms with Crippen LogP contribution in [0.25, 0.3) is 0 Å². The van der Waals surface area contributed by atoms with Crippen molar-refractivity contribution in [3.05, 3.63) is 24.3 Å². The molecule has 1 aliphatic heterocycles. The number of anilines is 2. The van der Waals surface area contributed by atoms with Crippen molar-refractivity contribution in [2.24, 2.45) is 0 Å². The Morgan fingerprint density at radius 3 is 2.29 bits per heavy atom. The van der Waals surface area contributed by atoms with Crippen molar-refractivity contribution in [2.45, 2.75) is 6.92 Å². The highest BCUT2D eigenvalue weighted by molar-refractivity contribution is 7.45. The van der Waals surface area contributed by atoms with Gasteiger partial charge < -0.3 is 14.7 Å². The lowest BCUT2D eigenvalue weighted by Crippen LogP contribution is -2.38. The van der Waals surface area contributed by atoms with Gasteiger partial charge in [-0.15, -0.1) is 5.12 Å². The SMILES string of the molecule is CCN1Nc2ccccc2N1C.O=P(O)(O)O. The van der Waals surface area contributed by atoms with Crippen LogP contribution in [0.1, 0.15) is 6.92 Å². The molecule has 0 unspecified atom stereocenters. The molecule has 0 fully saturated rings. The third-order valence-electron chi connectivity index (χ3n) is 2.16. The van der Waals surface area contributed by atoms with Crippen LogP contribution in [0.4, 0.5) is 11.4 Å². The van der Waals surface area contributed by atoms with E-state index in [-0.39, 0.29) is 0 Å². The van der Waals surface area contributed by atoms with E-state index in [0.29, 0.717) is 0 Å². The van der Waals surface area contributed by atoms with Crippen molar-refractivity contribution >= 4 is 19.2 Å². The van der Waals surface area contributed by atoms with E-state index in [9.17, 15) is 0 Å². The Morgan fingerprint density at radius 2 is 1.82 bits per heavy atom. The molecule has 0 radical (unpaired) electrons. The highest BCUT2D eigenvalue weighted by Gasteiger charge is 2.20. The average molecular weight is 261 g/mol. The van der Waals surface area contributed by atoms with Crippen LogP contribution < -0.4 is 10.4 Å². The number of hydrazine groups is 2. The molecule has 0 bridgehead atoms. The topological polar surface area (TPSA) is 96.3 Å². The largest absolute Gasteiger partial charge is 0.466 e. The lowest BCUT2D eigenvalue weighted by Gasteiger charge is -2.23. The molecule has 0 spiro atoms. The minimum absolute atomic E-state index is 0.963. The zero-order valence-corrected chi connectivity index (χ0v) is 10.5. The zero-order chi connectivity index (χ0) is 13.1. The van der Waals surface area contributed by atoms with Gasteiger partial charge in [-0.05, 0) is 19.1 Å². The van der Waals surface area contributed by atoms with Crippen LogP contribution >= 0.6 is 7.82 Å². The van der Waals surface area contributed by atoms with Gasteiger partial charge in [0.2, 0.25) is 0 Å². The van der Waals surface area contributed by atoms with Crippen molar-refractivity contribution in [3.8, 4) is 0 Å². The number of para-hydroxylation sites is 2. The molecule has 0 amide bonds. The Bertz CT molecular complexity index is 414. The second-order valence-corrected chi connectivity index (χ2v) is 4.41. The summed E-state index contributed by atoms with van der Waals surface area (Å²) < 4.78 is 8.88. The number of benzene rings is 1. The van der Waals surface area contributed by atoms with Crippen LogP contribution in [0.2, 0.25) is 0 Å². The summed E-state index contributed by atoms with van der Waals surface area (Å²) in [5.74, 6) is 0. The number of phosphoric acid groups is 1. The van der Waals surface area contributed by atoms with Crippen molar-refractivity contribution in [1.29, 1.82) is 0 Å². The van der Waals surface area contributed by atoms with Gasteiger partial charge in [0.1, 0.15) is 0 Å². The maximum atomic E-state index is 8.88. The summed E-state index contributed by atoms with van der Waals surface area (Å²) in [4.78, 5) is 21.6. The monoisotopic (exact) mass is 261 g/mol. The fourth-order valence-electron chi connectivity index (χ4n) is 1.49. The minimum atomic E-state index is -4.64. The Labute approximate surface area is 99.5 Å². The van der Waals surface area contributed by atoms with E-state index in [2.05, 4.69) is 47.7 Å². The van der Waals surface area contributed by atoms with E-state index >= 15 is 0 Å². The summed E-state index contributed by atoms with van der Waals surface area (Å²) in [5, 5.41) is 4.19. The standard InChI is InChI=1S/C9H13N3.H3O4P/c1-3-12-10-8-6-4-5-7-9(8)11(12)2;1-5(2,3)4/h4-7,10H,3H2,1-2H3;(H3,1,2,3,4). The van der Waals surface area contributed by atoms with Gasteiger partial charge in [-0.3, -0.25) is 10.4 Å². The molecule has 0 saturated heterocycles. The molecule has 17 heavy (non-hydrogen) atoms. The summed E-state index contributed by atoms with van der Waals surface area (Å²) in [6, 6.07) is 8.29. The highest BCUT2D eigenvalue weighted by Crippen LogP contribution is 2.31. The summed E-state index contributed by atoms with van der Waals surface area (Å²) >= 11 is 0. The van der Waals surface area contributed by atoms with Gasteiger partial charge in [0.15, 0.2) is 0 Å². The smallest absolute Gasteiger partial charge is 0.303 e. The maximum Gasteiger partial charge on any atom is 0.466 e. The summed E-state index contributed by atoms with van der Waals surface area (Å²) in [7, 11) is -2.58. The molecule has 4 N–H and O–H groups in total. The minimum Gasteiger partial charge on any atom is -0.303 e. The van der Waals surface area contributed by atoms with Gasteiger partial charge in [0.05, 0.1) is 11.4 Å². The van der Waals surface area contributed by atoms with Gasteiger partial charge in [-0.2, -0.15) is 0 Å². The van der Waals surface area contributed by atoms with Gasteiger partial charge >= 0.3 is 7.82 Å². The molecule has 0 aromatic heterocycles. The normalized spacial score (nSPS) is 14.8. The Hall–Kier alpha value is -1.11. The maximum absolute atomic E-state index is 8.88. The van der Waals surface area contributed by atoms with E-state index in [0.717, 1.165) is 6.54 Å². The number of rotatable bonds is 1. The zero-order valence-electron chi connectivity index (χ0n) is 9.61. The molecule has 0 aliphatic carbocycles. The number of hydrogen-bond donors (Lipinski definition) is 4. The van der Waals surface area contributed by atoms with Crippen molar-refractivity contribution in [2.75, 3.05) is 24.0 Å². The van der Waals surface area contributed by atoms with Crippen LogP contribution in [0, 0.1) is 0 Å². The number of hydrogen-bond acceptors (Lipinski definition) is 4. The molecule has 0 saturated carbocycles. The molecule has 7 nitrogen and oxygen atoms in total. The second kappa shape index (κ2) is 5.48. The average Bonchev–Trinajstić information content (AvgIpc) is 2.54. The first-order valence-electron chi connectivity index (χ1n) is 4.98. The van der Waals surface area contributed by atoms with E-state index < -0.39 is 7.82 Å². The van der Waals surface area contributed by atoms with Crippen LogP contribution in [0.15, 0.2) is 24.3 Å². The molecule has 1 heterocycles. The van der Waals surface area contributed by atoms with E-state index in [1.165, 1.54) is 11.4 Å². The summed E-state index contributed by atoms with van der Waals surface area (Å²) in [6.07, 6.45) is 0. The molecular weight excluding hydrogens is 245 g/mol. The molecule has 96 valence electrons. The first-order chi connectivity index (χ1) is 7.83. The van der Waals surface area contributed by atoms with Gasteiger partial charge in [-0.25, -0.2) is 4.57 Å². The van der Waals surface area contributed by atoms with E-state index in [1.807, 2.05) is 6.07 Å². The summed E-state index contributed by atoms with van der Waals surface area (Å²) in [6.45, 7) is 3.08. The van der Waals surface area contributed by atoms with Crippen molar-refractivity contribution < 1.29 is 19.2 Å². The molecule has 1 aliphatic rings.